The number of hydrogen-bond acceptors (Lipinski definition) is 3. The number of likely N-dealkylation sites (tertiary alicyclic amines) is 1. The summed E-state index contributed by atoms with van der Waals surface area (Å²) in [5.74, 6) is 0.690. The molecule has 1 aliphatic heterocycles. The van der Waals surface area contributed by atoms with E-state index < -0.39 is 0 Å². The number of nitrogens with one attached hydrogen (secondary N) is 1. The van der Waals surface area contributed by atoms with E-state index in [9.17, 15) is 4.79 Å². The number of piperidine rings is 1. The van der Waals surface area contributed by atoms with E-state index in [1.165, 1.54) is 6.42 Å². The lowest BCUT2D eigenvalue weighted by Crippen LogP contribution is -2.42. The van der Waals surface area contributed by atoms with Crippen molar-refractivity contribution in [2.45, 2.75) is 12.8 Å². The van der Waals surface area contributed by atoms with Crippen LogP contribution in [0.3, 0.4) is 0 Å². The Kier molecular flexibility index (Phi) is 4.15. The molecule has 1 fully saturated rings. The largest absolute Gasteiger partial charge is 0.338 e. The Balaban J connectivity index is 1.86. The van der Waals surface area contributed by atoms with Crippen molar-refractivity contribution in [3.05, 3.63) is 42.1 Å². The fourth-order valence-corrected chi connectivity index (χ4v) is 3.16. The van der Waals surface area contributed by atoms with E-state index in [1.54, 1.807) is 6.20 Å². The van der Waals surface area contributed by atoms with Gasteiger partial charge in [0.25, 0.3) is 5.91 Å². The third kappa shape index (κ3) is 2.90. The molecule has 2 heterocycles. The van der Waals surface area contributed by atoms with Crippen molar-refractivity contribution in [2.75, 3.05) is 26.7 Å². The molecule has 1 aromatic heterocycles. The molecule has 1 saturated heterocycles. The SMILES string of the molecule is CNC[C@H]1CCCN(C(=O)c2cccc3ncccc23)C1. The van der Waals surface area contributed by atoms with Crippen LogP contribution in [0.15, 0.2) is 36.5 Å². The molecule has 1 N–H and O–H groups in total. The second kappa shape index (κ2) is 6.22. The van der Waals surface area contributed by atoms with Crippen LogP contribution in [0.4, 0.5) is 0 Å². The van der Waals surface area contributed by atoms with Gasteiger partial charge in [0.1, 0.15) is 0 Å². The van der Waals surface area contributed by atoms with Crippen molar-refractivity contribution in [3.63, 3.8) is 0 Å². The van der Waals surface area contributed by atoms with Crippen LogP contribution in [0.1, 0.15) is 23.2 Å². The van der Waals surface area contributed by atoms with E-state index >= 15 is 0 Å². The van der Waals surface area contributed by atoms with Crippen LogP contribution in [0.2, 0.25) is 0 Å². The number of amides is 1. The molecule has 0 bridgehead atoms. The minimum Gasteiger partial charge on any atom is -0.338 e. The van der Waals surface area contributed by atoms with Crippen LogP contribution in [0.25, 0.3) is 10.9 Å². The van der Waals surface area contributed by atoms with Crippen molar-refractivity contribution in [2.24, 2.45) is 5.92 Å². The molecule has 0 spiro atoms. The summed E-state index contributed by atoms with van der Waals surface area (Å²) in [6, 6.07) is 9.64. The monoisotopic (exact) mass is 283 g/mol. The topological polar surface area (TPSA) is 45.2 Å². The fraction of sp³-hybridized carbons (Fsp3) is 0.412. The van der Waals surface area contributed by atoms with Gasteiger partial charge < -0.3 is 10.2 Å². The first-order chi connectivity index (χ1) is 10.3. The zero-order valence-electron chi connectivity index (χ0n) is 12.4. The third-order valence-corrected chi connectivity index (χ3v) is 4.18. The normalized spacial score (nSPS) is 18.9. The highest BCUT2D eigenvalue weighted by Crippen LogP contribution is 2.22. The lowest BCUT2D eigenvalue weighted by atomic mass is 9.97. The van der Waals surface area contributed by atoms with E-state index in [4.69, 9.17) is 0 Å². The van der Waals surface area contributed by atoms with Crippen molar-refractivity contribution < 1.29 is 4.79 Å². The molecule has 4 heteroatoms. The molecule has 1 amide bonds. The molecule has 2 aromatic rings. The maximum atomic E-state index is 12.8. The summed E-state index contributed by atoms with van der Waals surface area (Å²) in [5.41, 5.74) is 1.65. The smallest absolute Gasteiger partial charge is 0.254 e. The summed E-state index contributed by atoms with van der Waals surface area (Å²) in [5, 5.41) is 4.16. The number of aromatic nitrogens is 1. The van der Waals surface area contributed by atoms with Crippen LogP contribution in [0, 0.1) is 5.92 Å². The minimum absolute atomic E-state index is 0.134. The number of nitrogens with zero attached hydrogens (tertiary/aromatic N) is 2. The van der Waals surface area contributed by atoms with Gasteiger partial charge in [-0.3, -0.25) is 9.78 Å². The summed E-state index contributed by atoms with van der Waals surface area (Å²) in [7, 11) is 1.97. The van der Waals surface area contributed by atoms with Crippen LogP contribution in [-0.2, 0) is 0 Å². The molecule has 4 nitrogen and oxygen atoms in total. The summed E-state index contributed by atoms with van der Waals surface area (Å²) in [6.07, 6.45) is 4.04. The van der Waals surface area contributed by atoms with Gasteiger partial charge in [-0.1, -0.05) is 12.1 Å². The highest BCUT2D eigenvalue weighted by Gasteiger charge is 2.24. The predicted molar refractivity (Wildman–Crippen MR) is 84.3 cm³/mol. The van der Waals surface area contributed by atoms with Crippen molar-refractivity contribution in [1.82, 2.24) is 15.2 Å². The van der Waals surface area contributed by atoms with Gasteiger partial charge in [0.2, 0.25) is 0 Å². The Bertz CT molecular complexity index is 633. The predicted octanol–water partition coefficient (Wildman–Crippen LogP) is 2.31. The summed E-state index contributed by atoms with van der Waals surface area (Å²) >= 11 is 0. The Labute approximate surface area is 125 Å². The fourth-order valence-electron chi connectivity index (χ4n) is 3.16. The number of fused-ring (bicyclic) bond motifs is 1. The molecular weight excluding hydrogens is 262 g/mol. The number of rotatable bonds is 3. The molecule has 0 saturated carbocycles. The van der Waals surface area contributed by atoms with Gasteiger partial charge in [-0.15, -0.1) is 0 Å². The summed E-state index contributed by atoms with van der Waals surface area (Å²) < 4.78 is 0. The molecule has 1 aliphatic rings. The van der Waals surface area contributed by atoms with Gasteiger partial charge in [0.15, 0.2) is 0 Å². The lowest BCUT2D eigenvalue weighted by Gasteiger charge is -2.33. The average Bonchev–Trinajstić information content (AvgIpc) is 2.54. The van der Waals surface area contributed by atoms with E-state index in [1.807, 2.05) is 42.3 Å². The number of hydrogen-bond donors (Lipinski definition) is 1. The van der Waals surface area contributed by atoms with Crippen molar-refractivity contribution in [1.29, 1.82) is 0 Å². The quantitative estimate of drug-likeness (QED) is 0.940. The molecule has 0 unspecified atom stereocenters. The van der Waals surface area contributed by atoms with Crippen LogP contribution in [-0.4, -0.2) is 42.5 Å². The Morgan fingerprint density at radius 1 is 1.38 bits per heavy atom. The average molecular weight is 283 g/mol. The van der Waals surface area contributed by atoms with Crippen LogP contribution >= 0.6 is 0 Å². The molecule has 0 radical (unpaired) electrons. The number of carbonyl (C=O) groups is 1. The number of pyridine rings is 1. The van der Waals surface area contributed by atoms with Gasteiger partial charge in [-0.05, 0) is 50.6 Å². The van der Waals surface area contributed by atoms with E-state index in [-0.39, 0.29) is 5.91 Å². The third-order valence-electron chi connectivity index (χ3n) is 4.18. The highest BCUT2D eigenvalue weighted by atomic mass is 16.2. The zero-order chi connectivity index (χ0) is 14.7. The summed E-state index contributed by atoms with van der Waals surface area (Å²) in [4.78, 5) is 19.2. The van der Waals surface area contributed by atoms with Gasteiger partial charge in [0.05, 0.1) is 5.52 Å². The van der Waals surface area contributed by atoms with Crippen molar-refractivity contribution >= 4 is 16.8 Å². The zero-order valence-corrected chi connectivity index (χ0v) is 12.4. The van der Waals surface area contributed by atoms with Gasteiger partial charge in [-0.25, -0.2) is 0 Å². The number of benzene rings is 1. The molecule has 0 aliphatic carbocycles. The van der Waals surface area contributed by atoms with Gasteiger partial charge in [-0.2, -0.15) is 0 Å². The molecule has 1 aromatic carbocycles. The molecule has 110 valence electrons. The molecule has 1 atom stereocenters. The first-order valence-electron chi connectivity index (χ1n) is 7.57. The summed E-state index contributed by atoms with van der Waals surface area (Å²) in [6.45, 7) is 2.67. The Hall–Kier alpha value is -1.94. The van der Waals surface area contributed by atoms with Crippen LogP contribution in [0.5, 0.6) is 0 Å². The second-order valence-electron chi connectivity index (χ2n) is 5.69. The maximum Gasteiger partial charge on any atom is 0.254 e. The van der Waals surface area contributed by atoms with E-state index in [0.717, 1.165) is 42.5 Å². The Morgan fingerprint density at radius 2 is 2.29 bits per heavy atom. The second-order valence-corrected chi connectivity index (χ2v) is 5.69. The minimum atomic E-state index is 0.134. The van der Waals surface area contributed by atoms with Crippen molar-refractivity contribution in [3.8, 4) is 0 Å². The van der Waals surface area contributed by atoms with Gasteiger partial charge >= 0.3 is 0 Å². The van der Waals surface area contributed by atoms with E-state index in [0.29, 0.717) is 5.92 Å². The first-order valence-corrected chi connectivity index (χ1v) is 7.57. The van der Waals surface area contributed by atoms with Crippen LogP contribution < -0.4 is 5.32 Å². The van der Waals surface area contributed by atoms with E-state index in [2.05, 4.69) is 10.3 Å². The molecule has 21 heavy (non-hydrogen) atoms. The first kappa shape index (κ1) is 14.0. The lowest BCUT2D eigenvalue weighted by molar-refractivity contribution is 0.0676. The highest BCUT2D eigenvalue weighted by molar-refractivity contribution is 6.06. The maximum absolute atomic E-state index is 12.8. The van der Waals surface area contributed by atoms with Gasteiger partial charge in [0, 0.05) is 30.2 Å². The number of carbonyl (C=O) groups excluding carboxylic acids is 1. The standard InChI is InChI=1S/C17H21N3O/c1-18-11-13-5-4-10-20(12-13)17(21)15-6-2-8-16-14(15)7-3-9-19-16/h2-3,6-9,13,18H,4-5,10-12H2,1H3/t13-/m1/s1. The Morgan fingerprint density at radius 3 is 3.14 bits per heavy atom. The molecular formula is C17H21N3O. The molecule has 3 rings (SSSR count).